The molecule has 2 saturated carbocycles. The van der Waals surface area contributed by atoms with Gasteiger partial charge in [-0.25, -0.2) is 27.0 Å². The maximum atomic E-state index is 14.9. The SMILES string of the molecule is C[C@@H]1CCC=C[C@@H]2C[C@@]2(C(=O)NS(=O)(=O)C2(C)CC2)NC(=O)[C@@H]2C[C@@H](Oc3ncc(OCC(F)F)c4ccccc34)CN2C(=O)[C@@H](N(C(=O)O)[C@H](C)C(F)(F)F)[C@H](C)C1. The number of rotatable bonds is 10. The molecule has 4 amide bonds. The van der Waals surface area contributed by atoms with Crippen LogP contribution in [0, 0.1) is 17.8 Å². The van der Waals surface area contributed by atoms with Gasteiger partial charge in [0.15, 0.2) is 0 Å². The maximum absolute atomic E-state index is 14.9. The summed E-state index contributed by atoms with van der Waals surface area (Å²) < 4.78 is 108. The van der Waals surface area contributed by atoms with Crippen molar-refractivity contribution in [2.45, 2.75) is 120 Å². The van der Waals surface area contributed by atoms with Gasteiger partial charge < -0.3 is 24.8 Å². The van der Waals surface area contributed by atoms with Crippen molar-refractivity contribution in [1.82, 2.24) is 24.8 Å². The summed E-state index contributed by atoms with van der Waals surface area (Å²) in [7, 11) is -4.15. The van der Waals surface area contributed by atoms with E-state index in [0.29, 0.717) is 43.4 Å². The lowest BCUT2D eigenvalue weighted by Crippen LogP contribution is -2.62. The number of carbonyl (C=O) groups excluding carboxylic acids is 3. The third kappa shape index (κ3) is 9.06. The number of ether oxygens (including phenoxy) is 2. The van der Waals surface area contributed by atoms with Crippen LogP contribution in [-0.4, -0.2) is 112 Å². The Morgan fingerprint density at radius 2 is 1.81 bits per heavy atom. The summed E-state index contributed by atoms with van der Waals surface area (Å²) in [6, 6.07) is 0.278. The summed E-state index contributed by atoms with van der Waals surface area (Å²) in [5.74, 6) is -4.91. The largest absolute Gasteiger partial charge is 0.485 e. The number of amides is 4. The molecule has 1 saturated heterocycles. The van der Waals surface area contributed by atoms with Crippen LogP contribution < -0.4 is 19.5 Å². The first kappa shape index (κ1) is 43.8. The minimum Gasteiger partial charge on any atom is -0.485 e. The number of aromatic nitrogens is 1. The number of halogens is 5. The molecule has 6 rings (SSSR count). The lowest BCUT2D eigenvalue weighted by atomic mass is 9.86. The smallest absolute Gasteiger partial charge is 0.408 e. The fraction of sp³-hybridized carbons (Fsp3) is 0.615. The van der Waals surface area contributed by atoms with E-state index in [-0.39, 0.29) is 41.7 Å². The molecule has 0 spiro atoms. The monoisotopic (exact) mass is 857 g/mol. The van der Waals surface area contributed by atoms with Crippen LogP contribution in [0.2, 0.25) is 0 Å². The van der Waals surface area contributed by atoms with Gasteiger partial charge in [0.1, 0.15) is 42.1 Å². The summed E-state index contributed by atoms with van der Waals surface area (Å²) in [5, 5.41) is 13.6. The quantitative estimate of drug-likeness (QED) is 0.206. The molecule has 8 atom stereocenters. The molecule has 324 valence electrons. The Morgan fingerprint density at radius 3 is 2.44 bits per heavy atom. The first-order chi connectivity index (χ1) is 27.6. The lowest BCUT2D eigenvalue weighted by molar-refractivity contribution is -0.184. The number of nitrogens with zero attached hydrogens (tertiary/aromatic N) is 3. The van der Waals surface area contributed by atoms with Crippen LogP contribution in [0.25, 0.3) is 10.8 Å². The van der Waals surface area contributed by atoms with Gasteiger partial charge in [0.05, 0.1) is 17.5 Å². The summed E-state index contributed by atoms with van der Waals surface area (Å²) in [4.78, 5) is 61.2. The van der Waals surface area contributed by atoms with Crippen molar-refractivity contribution in [2.24, 2.45) is 17.8 Å². The third-order valence-corrected chi connectivity index (χ3v) is 14.1. The van der Waals surface area contributed by atoms with Gasteiger partial charge in [-0.05, 0) is 70.3 Å². The van der Waals surface area contributed by atoms with E-state index in [1.54, 1.807) is 36.4 Å². The minimum absolute atomic E-state index is 0.00882. The van der Waals surface area contributed by atoms with Crippen LogP contribution in [0.3, 0.4) is 0 Å². The van der Waals surface area contributed by atoms with Gasteiger partial charge in [-0.2, -0.15) is 13.2 Å². The van der Waals surface area contributed by atoms with Crippen LogP contribution in [0.4, 0.5) is 26.7 Å². The summed E-state index contributed by atoms with van der Waals surface area (Å²) in [5.41, 5.74) is -1.76. The van der Waals surface area contributed by atoms with Crippen molar-refractivity contribution < 1.29 is 64.1 Å². The number of carboxylic acid groups (broad SMARTS) is 1. The Labute approximate surface area is 337 Å². The van der Waals surface area contributed by atoms with Gasteiger partial charge in [0.2, 0.25) is 27.7 Å². The molecule has 2 aliphatic carbocycles. The number of hydrogen-bond acceptors (Lipinski definition) is 9. The number of benzene rings is 1. The Bertz CT molecular complexity index is 2100. The number of carbonyl (C=O) groups is 4. The van der Waals surface area contributed by atoms with E-state index in [9.17, 15) is 54.7 Å². The number of fused-ring (bicyclic) bond motifs is 3. The highest BCUT2D eigenvalue weighted by Crippen LogP contribution is 2.48. The predicted octanol–water partition coefficient (Wildman–Crippen LogP) is 5.41. The fourth-order valence-corrected chi connectivity index (χ4v) is 9.43. The second-order valence-corrected chi connectivity index (χ2v) is 18.7. The van der Waals surface area contributed by atoms with Gasteiger partial charge in [-0.15, -0.1) is 0 Å². The molecule has 20 heteroatoms. The van der Waals surface area contributed by atoms with Gasteiger partial charge in [-0.1, -0.05) is 44.2 Å². The highest BCUT2D eigenvalue weighted by atomic mass is 32.2. The number of pyridine rings is 1. The Kier molecular flexibility index (Phi) is 12.2. The molecule has 4 aliphatic rings. The van der Waals surface area contributed by atoms with Gasteiger partial charge in [0, 0.05) is 23.1 Å². The van der Waals surface area contributed by atoms with Crippen molar-refractivity contribution in [3.05, 3.63) is 42.6 Å². The normalized spacial score (nSPS) is 29.0. The van der Waals surface area contributed by atoms with E-state index >= 15 is 0 Å². The van der Waals surface area contributed by atoms with Crippen LogP contribution in [0.15, 0.2) is 42.6 Å². The molecular weight excluding hydrogens is 810 g/mol. The van der Waals surface area contributed by atoms with Crippen LogP contribution in [0.1, 0.15) is 72.6 Å². The van der Waals surface area contributed by atoms with E-state index in [0.717, 1.165) is 11.1 Å². The molecule has 1 aromatic heterocycles. The Morgan fingerprint density at radius 1 is 1.14 bits per heavy atom. The molecule has 1 aromatic carbocycles. The van der Waals surface area contributed by atoms with Crippen LogP contribution >= 0.6 is 0 Å². The first-order valence-corrected chi connectivity index (χ1v) is 21.0. The predicted molar refractivity (Wildman–Crippen MR) is 202 cm³/mol. The summed E-state index contributed by atoms with van der Waals surface area (Å²) >= 11 is 0. The van der Waals surface area contributed by atoms with E-state index in [4.69, 9.17) is 9.47 Å². The molecule has 0 unspecified atom stereocenters. The number of allylic oxidation sites excluding steroid dienone is 1. The molecule has 3 heterocycles. The average molecular weight is 858 g/mol. The second-order valence-electron chi connectivity index (χ2n) is 16.5. The zero-order chi connectivity index (χ0) is 43.2. The molecular formula is C39H48F5N5O9S. The highest BCUT2D eigenvalue weighted by molar-refractivity contribution is 7.91. The van der Waals surface area contributed by atoms with Crippen molar-refractivity contribution in [2.75, 3.05) is 13.2 Å². The van der Waals surface area contributed by atoms with E-state index in [1.165, 1.54) is 13.8 Å². The van der Waals surface area contributed by atoms with Gasteiger partial charge in [0.25, 0.3) is 12.3 Å². The molecule has 59 heavy (non-hydrogen) atoms. The lowest BCUT2D eigenvalue weighted by Gasteiger charge is -2.40. The zero-order valence-electron chi connectivity index (χ0n) is 32.9. The number of alkyl halides is 5. The fourth-order valence-electron chi connectivity index (χ4n) is 8.11. The average Bonchev–Trinajstić information content (AvgIpc) is 4.03. The molecule has 2 aliphatic heterocycles. The van der Waals surface area contributed by atoms with Crippen molar-refractivity contribution >= 4 is 44.6 Å². The van der Waals surface area contributed by atoms with Gasteiger partial charge in [-0.3, -0.25) is 24.0 Å². The van der Waals surface area contributed by atoms with Crippen molar-refractivity contribution in [3.8, 4) is 11.6 Å². The Balaban J connectivity index is 1.40. The molecule has 0 bridgehead atoms. The van der Waals surface area contributed by atoms with E-state index in [1.807, 2.05) is 6.92 Å². The molecule has 0 radical (unpaired) electrons. The molecule has 3 fully saturated rings. The standard InChI is InChI=1S/C39H48F5N5O9S/c1-21-9-5-6-10-24-17-38(24,35(52)47-59(55,56)37(4)13-14-37)46-32(50)28-16-25(58-33-27-12-8-7-11-26(27)29(18-45-33)57-20-30(40)41)19-48(28)34(51)31(22(2)15-21)49(36(53)54)23(3)39(42,43)44/h6-8,10-12,18,21-25,28,30-31H,5,9,13-17,19-20H2,1-4H3,(H,46,50)(H,47,52)(H,53,54)/t21-,22-,23-,24-,25-,28+,31+,38-/m1/s1. The molecule has 3 N–H and O–H groups in total. The van der Waals surface area contributed by atoms with Gasteiger partial charge >= 0.3 is 12.3 Å². The first-order valence-electron chi connectivity index (χ1n) is 19.5. The number of nitrogens with one attached hydrogen (secondary N) is 2. The summed E-state index contributed by atoms with van der Waals surface area (Å²) in [6.45, 7) is 4.06. The van der Waals surface area contributed by atoms with E-state index < -0.39 is 106 Å². The maximum Gasteiger partial charge on any atom is 0.408 e. The topological polar surface area (TPSA) is 185 Å². The Hall–Kier alpha value is -4.75. The van der Waals surface area contributed by atoms with Crippen molar-refractivity contribution in [1.29, 1.82) is 0 Å². The minimum atomic E-state index is -5.07. The van der Waals surface area contributed by atoms with Crippen molar-refractivity contribution in [3.63, 3.8) is 0 Å². The van der Waals surface area contributed by atoms with Crippen LogP contribution in [-0.2, 0) is 24.4 Å². The zero-order valence-corrected chi connectivity index (χ0v) is 33.7. The molecule has 2 aromatic rings. The molecule has 14 nitrogen and oxygen atoms in total. The number of sulfonamides is 1. The summed E-state index contributed by atoms with van der Waals surface area (Å²) in [6.07, 6.45) is -4.93. The number of hydrogen-bond donors (Lipinski definition) is 3. The third-order valence-electron chi connectivity index (χ3n) is 12.0. The van der Waals surface area contributed by atoms with Crippen LogP contribution in [0.5, 0.6) is 11.6 Å². The van der Waals surface area contributed by atoms with E-state index in [2.05, 4.69) is 15.0 Å². The second kappa shape index (κ2) is 16.4. The highest BCUT2D eigenvalue weighted by Gasteiger charge is 2.63.